The summed E-state index contributed by atoms with van der Waals surface area (Å²) in [5, 5.41) is 11.0. The summed E-state index contributed by atoms with van der Waals surface area (Å²) >= 11 is 0. The molecule has 1 aromatic heterocycles. The quantitative estimate of drug-likeness (QED) is 0.648. The number of benzene rings is 1. The van der Waals surface area contributed by atoms with Crippen LogP contribution in [0.5, 0.6) is 11.6 Å². The number of carbonyl (C=O) groups excluding carboxylic acids is 1. The molecule has 0 spiro atoms. The van der Waals surface area contributed by atoms with Crippen molar-refractivity contribution in [2.24, 2.45) is 23.7 Å². The van der Waals surface area contributed by atoms with Gasteiger partial charge in [-0.05, 0) is 79.8 Å². The Bertz CT molecular complexity index is 1080. The van der Waals surface area contributed by atoms with Crippen LogP contribution in [0.1, 0.15) is 41.5 Å². The average Bonchev–Trinajstić information content (AvgIpc) is 3.37. The lowest BCUT2D eigenvalue weighted by molar-refractivity contribution is -0.137. The van der Waals surface area contributed by atoms with E-state index >= 15 is 0 Å². The average molecular weight is 429 g/mol. The van der Waals surface area contributed by atoms with Crippen molar-refractivity contribution in [3.63, 3.8) is 0 Å². The molecule has 2 saturated carbocycles. The van der Waals surface area contributed by atoms with Crippen LogP contribution in [0.4, 0.5) is 13.2 Å². The number of ketones is 1. The molecule has 2 bridgehead atoms. The Morgan fingerprint density at radius 2 is 1.71 bits per heavy atom. The predicted octanol–water partition coefficient (Wildman–Crippen LogP) is 6.02. The second kappa shape index (κ2) is 6.84. The molecule has 162 valence electrons. The van der Waals surface area contributed by atoms with Crippen LogP contribution in [-0.2, 0) is 11.0 Å². The number of alkyl halides is 3. The van der Waals surface area contributed by atoms with Gasteiger partial charge in [-0.3, -0.25) is 4.79 Å². The molecule has 0 amide bonds. The summed E-state index contributed by atoms with van der Waals surface area (Å²) in [6.45, 7) is 3.68. The maximum atomic E-state index is 13.2. The minimum Gasteiger partial charge on any atom is -0.511 e. The summed E-state index contributed by atoms with van der Waals surface area (Å²) in [4.78, 5) is 17.0. The first kappa shape index (κ1) is 20.1. The van der Waals surface area contributed by atoms with Gasteiger partial charge in [0.1, 0.15) is 11.5 Å². The second-order valence-electron chi connectivity index (χ2n) is 8.93. The topological polar surface area (TPSA) is 59.4 Å². The van der Waals surface area contributed by atoms with Gasteiger partial charge in [-0.2, -0.15) is 13.2 Å². The molecule has 0 aliphatic heterocycles. The highest BCUT2D eigenvalue weighted by molar-refractivity contribution is 6.25. The number of aromatic nitrogens is 1. The number of fused-ring (bicyclic) bond motifs is 5. The smallest absolute Gasteiger partial charge is 0.417 e. The largest absolute Gasteiger partial charge is 0.511 e. The molecule has 1 aromatic carbocycles. The molecule has 2 aromatic rings. The van der Waals surface area contributed by atoms with Gasteiger partial charge in [-0.15, -0.1) is 0 Å². The van der Waals surface area contributed by atoms with Gasteiger partial charge >= 0.3 is 6.18 Å². The highest BCUT2D eigenvalue weighted by atomic mass is 19.4. The summed E-state index contributed by atoms with van der Waals surface area (Å²) in [5.41, 5.74) is 1.85. The van der Waals surface area contributed by atoms with E-state index < -0.39 is 11.7 Å². The monoisotopic (exact) mass is 429 g/mol. The molecule has 7 heteroatoms. The fraction of sp³-hybridized carbons (Fsp3) is 0.417. The molecule has 2 fully saturated rings. The highest BCUT2D eigenvalue weighted by Crippen LogP contribution is 2.60. The number of pyridine rings is 1. The van der Waals surface area contributed by atoms with Gasteiger partial charge in [0, 0.05) is 24.1 Å². The van der Waals surface area contributed by atoms with Crippen molar-refractivity contribution < 1.29 is 27.8 Å². The van der Waals surface area contributed by atoms with Gasteiger partial charge in [-0.1, -0.05) is 0 Å². The van der Waals surface area contributed by atoms with Gasteiger partial charge in [0.25, 0.3) is 0 Å². The molecule has 3 aliphatic rings. The molecule has 31 heavy (non-hydrogen) atoms. The number of aryl methyl sites for hydroxylation is 2. The van der Waals surface area contributed by atoms with Crippen molar-refractivity contribution in [1.29, 1.82) is 0 Å². The summed E-state index contributed by atoms with van der Waals surface area (Å²) in [5.74, 6) is 1.35. The van der Waals surface area contributed by atoms with Crippen molar-refractivity contribution in [1.82, 2.24) is 4.98 Å². The van der Waals surface area contributed by atoms with Crippen LogP contribution < -0.4 is 4.74 Å². The van der Waals surface area contributed by atoms with Crippen molar-refractivity contribution in [2.45, 2.75) is 39.3 Å². The van der Waals surface area contributed by atoms with Crippen molar-refractivity contribution in [3.8, 4) is 11.6 Å². The molecule has 4 nitrogen and oxygen atoms in total. The number of hydrogen-bond donors (Lipinski definition) is 1. The fourth-order valence-corrected chi connectivity index (χ4v) is 5.88. The van der Waals surface area contributed by atoms with Crippen LogP contribution in [0.2, 0.25) is 0 Å². The van der Waals surface area contributed by atoms with Crippen LogP contribution in [-0.4, -0.2) is 15.9 Å². The molecule has 3 aliphatic carbocycles. The van der Waals surface area contributed by atoms with Crippen LogP contribution >= 0.6 is 0 Å². The van der Waals surface area contributed by atoms with Gasteiger partial charge in [-0.25, -0.2) is 4.98 Å². The van der Waals surface area contributed by atoms with E-state index in [9.17, 15) is 23.1 Å². The van der Waals surface area contributed by atoms with E-state index in [0.717, 1.165) is 48.2 Å². The number of nitrogens with zero attached hydrogens (tertiary/aromatic N) is 1. The minimum absolute atomic E-state index is 0.0407. The standard InChI is InChI=1S/C24H22F3NO3/c1-11-7-16(31-17-6-5-15(10-28-17)24(25,26)27)8-12(2)18(11)21-22(29)19-13-3-4-14(9-13)20(19)23(21)30/h5-8,10,13-14,19-20,29H,3-4,9H2,1-2H3/t13-,14+,19-,20+/m0/s1. The molecule has 1 heterocycles. The van der Waals surface area contributed by atoms with E-state index in [1.54, 1.807) is 12.1 Å². The number of ether oxygens (including phenoxy) is 1. The third kappa shape index (κ3) is 3.13. The number of hydrogen-bond acceptors (Lipinski definition) is 4. The van der Waals surface area contributed by atoms with Crippen molar-refractivity contribution in [2.75, 3.05) is 0 Å². The number of carbonyl (C=O) groups is 1. The first-order valence-electron chi connectivity index (χ1n) is 10.4. The Labute approximate surface area is 177 Å². The van der Waals surface area contributed by atoms with E-state index in [2.05, 4.69) is 4.98 Å². The van der Waals surface area contributed by atoms with Crippen LogP contribution in [0.15, 0.2) is 36.2 Å². The number of aliphatic hydroxyl groups excluding tert-OH is 1. The van der Waals surface area contributed by atoms with E-state index in [1.807, 2.05) is 13.8 Å². The van der Waals surface area contributed by atoms with Crippen molar-refractivity contribution >= 4 is 11.4 Å². The van der Waals surface area contributed by atoms with Gasteiger partial charge in [0.15, 0.2) is 5.78 Å². The zero-order valence-corrected chi connectivity index (χ0v) is 17.2. The Morgan fingerprint density at radius 1 is 1.06 bits per heavy atom. The van der Waals surface area contributed by atoms with Gasteiger partial charge < -0.3 is 9.84 Å². The number of aliphatic hydroxyl groups is 1. The van der Waals surface area contributed by atoms with Gasteiger partial charge in [0.05, 0.1) is 11.1 Å². The van der Waals surface area contributed by atoms with Crippen molar-refractivity contribution in [3.05, 3.63) is 58.5 Å². The summed E-state index contributed by atoms with van der Waals surface area (Å²) < 4.78 is 43.8. The maximum absolute atomic E-state index is 13.2. The SMILES string of the molecule is Cc1cc(Oc2ccc(C(F)(F)F)cn2)cc(C)c1C1=C(O)[C@H]2[C@H]3CC[C@H](C3)[C@H]2C1=O. The van der Waals surface area contributed by atoms with Gasteiger partial charge in [0.2, 0.25) is 5.88 Å². The first-order valence-corrected chi connectivity index (χ1v) is 10.4. The zero-order valence-electron chi connectivity index (χ0n) is 17.2. The summed E-state index contributed by atoms with van der Waals surface area (Å²) in [6.07, 6.45) is -0.564. The molecular formula is C24H22F3NO3. The fourth-order valence-electron chi connectivity index (χ4n) is 5.88. The lowest BCUT2D eigenvalue weighted by Gasteiger charge is -2.23. The third-order valence-electron chi connectivity index (χ3n) is 7.08. The van der Waals surface area contributed by atoms with E-state index in [4.69, 9.17) is 4.74 Å². The predicted molar refractivity (Wildman–Crippen MR) is 108 cm³/mol. The van der Waals surface area contributed by atoms with Crippen LogP contribution in [0, 0.1) is 37.5 Å². The number of rotatable bonds is 3. The Morgan fingerprint density at radius 3 is 2.26 bits per heavy atom. The number of allylic oxidation sites excluding steroid dienone is 2. The Hall–Kier alpha value is -2.83. The number of Topliss-reactive ketones (excluding diaryl/α,β-unsaturated/α-hetero) is 1. The lowest BCUT2D eigenvalue weighted by Crippen LogP contribution is -2.24. The lowest BCUT2D eigenvalue weighted by atomic mass is 9.80. The number of halogens is 3. The summed E-state index contributed by atoms with van der Waals surface area (Å²) in [7, 11) is 0. The maximum Gasteiger partial charge on any atom is 0.417 e. The molecule has 0 saturated heterocycles. The molecule has 4 atom stereocenters. The molecule has 5 rings (SSSR count). The van der Waals surface area contributed by atoms with Crippen LogP contribution in [0.25, 0.3) is 5.57 Å². The molecular weight excluding hydrogens is 407 g/mol. The molecule has 0 radical (unpaired) electrons. The minimum atomic E-state index is -4.46. The van der Waals surface area contributed by atoms with E-state index in [-0.39, 0.29) is 29.3 Å². The van der Waals surface area contributed by atoms with E-state index in [1.165, 1.54) is 6.07 Å². The molecule has 0 unspecified atom stereocenters. The molecule has 1 N–H and O–H groups in total. The third-order valence-corrected chi connectivity index (χ3v) is 7.08. The first-order chi connectivity index (χ1) is 14.6. The summed E-state index contributed by atoms with van der Waals surface area (Å²) in [6, 6.07) is 5.53. The zero-order chi connectivity index (χ0) is 22.1. The van der Waals surface area contributed by atoms with Crippen LogP contribution in [0.3, 0.4) is 0 Å². The second-order valence-corrected chi connectivity index (χ2v) is 8.93. The Balaban J connectivity index is 1.45. The highest BCUT2D eigenvalue weighted by Gasteiger charge is 2.57. The Kier molecular flexibility index (Phi) is 4.43. The van der Waals surface area contributed by atoms with E-state index in [0.29, 0.717) is 23.2 Å². The normalized spacial score (nSPS) is 27.2.